The first kappa shape index (κ1) is 18.8. The highest BCUT2D eigenvalue weighted by Crippen LogP contribution is 2.44. The van der Waals surface area contributed by atoms with Gasteiger partial charge in [0.2, 0.25) is 5.91 Å². The minimum Gasteiger partial charge on any atom is -0.463 e. The number of aromatic nitrogens is 2. The molecule has 1 aromatic rings. The van der Waals surface area contributed by atoms with Crippen LogP contribution >= 0.6 is 11.8 Å². The van der Waals surface area contributed by atoms with E-state index in [-0.39, 0.29) is 5.91 Å². The molecule has 0 bridgehead atoms. The van der Waals surface area contributed by atoms with Crippen LogP contribution in [0.25, 0.3) is 0 Å². The lowest BCUT2D eigenvalue weighted by atomic mass is 10.1. The Morgan fingerprint density at radius 3 is 2.58 bits per heavy atom. The van der Waals surface area contributed by atoms with E-state index in [0.29, 0.717) is 10.7 Å². The number of nitrogens with one attached hydrogen (secondary N) is 1. The molecule has 1 N–H and O–H groups in total. The molecular formula is C18H22N4O8S. The number of fused-ring (bicyclic) bond motifs is 1. The van der Waals surface area contributed by atoms with Crippen LogP contribution in [0.1, 0.15) is 31.7 Å². The van der Waals surface area contributed by atoms with Crippen molar-refractivity contribution in [2.75, 3.05) is 11.5 Å². The Bertz CT molecular complexity index is 944. The first-order chi connectivity index (χ1) is 16.3. The fourth-order valence-corrected chi connectivity index (χ4v) is 4.40. The van der Waals surface area contributed by atoms with Gasteiger partial charge in [0.15, 0.2) is 23.9 Å². The Morgan fingerprint density at radius 2 is 1.90 bits per heavy atom. The van der Waals surface area contributed by atoms with Gasteiger partial charge in [-0.15, -0.1) is 0 Å². The van der Waals surface area contributed by atoms with Crippen LogP contribution in [0.4, 0.5) is 5.82 Å². The normalized spacial score (nSPS) is 28.0. The van der Waals surface area contributed by atoms with Gasteiger partial charge in [-0.3, -0.25) is 24.1 Å². The molecule has 0 spiro atoms. The zero-order valence-electron chi connectivity index (χ0n) is 19.4. The minimum atomic E-state index is -1.33. The lowest BCUT2D eigenvalue weighted by Gasteiger charge is -2.33. The van der Waals surface area contributed by atoms with E-state index in [4.69, 9.17) is 23.1 Å². The van der Waals surface area contributed by atoms with Gasteiger partial charge >= 0.3 is 17.9 Å². The number of thioether (sulfide) groups is 1. The third-order valence-corrected chi connectivity index (χ3v) is 5.33. The second kappa shape index (κ2) is 9.47. The summed E-state index contributed by atoms with van der Waals surface area (Å²) in [7, 11) is 0. The van der Waals surface area contributed by atoms with Crippen LogP contribution < -0.4 is 10.2 Å². The van der Waals surface area contributed by atoms with Crippen LogP contribution in [0.5, 0.6) is 0 Å². The Hall–Kier alpha value is -2.93. The molecule has 12 nitrogen and oxygen atoms in total. The summed E-state index contributed by atoms with van der Waals surface area (Å²) in [5.41, 5.74) is -0.770. The second-order valence-electron chi connectivity index (χ2n) is 6.45. The van der Waals surface area contributed by atoms with Crippen molar-refractivity contribution in [3.63, 3.8) is 0 Å². The highest BCUT2D eigenvalue weighted by atomic mass is 32.2. The molecular weight excluding hydrogens is 432 g/mol. The molecule has 31 heavy (non-hydrogen) atoms. The molecule has 1 aromatic heterocycles. The molecule has 1 fully saturated rings. The maximum Gasteiger partial charge on any atom is 0.303 e. The van der Waals surface area contributed by atoms with E-state index >= 15 is 0 Å². The van der Waals surface area contributed by atoms with Crippen LogP contribution in [-0.2, 0) is 38.1 Å². The highest BCUT2D eigenvalue weighted by Gasteiger charge is 2.55. The van der Waals surface area contributed by atoms with Crippen LogP contribution in [-0.4, -0.2) is 70.4 Å². The lowest BCUT2D eigenvalue weighted by Crippen LogP contribution is -2.54. The number of carbonyl (C=O) groups is 4. The summed E-state index contributed by atoms with van der Waals surface area (Å²) in [5.74, 6) is -2.79. The van der Waals surface area contributed by atoms with Crippen LogP contribution in [0.15, 0.2) is 17.4 Å². The molecule has 13 heteroatoms. The third-order valence-electron chi connectivity index (χ3n) is 4.22. The zero-order chi connectivity index (χ0) is 24.8. The summed E-state index contributed by atoms with van der Waals surface area (Å²) in [4.78, 5) is 57.7. The molecule has 2 aliphatic rings. The summed E-state index contributed by atoms with van der Waals surface area (Å²) in [6.45, 7) is -1.25. The molecule has 2 unspecified atom stereocenters. The topological polar surface area (TPSA) is 146 Å². The van der Waals surface area contributed by atoms with Crippen LogP contribution in [0.2, 0.25) is 0 Å². The predicted octanol–water partition coefficient (Wildman–Crippen LogP) is -0.0402. The molecule has 1 saturated heterocycles. The first-order valence-corrected chi connectivity index (χ1v) is 9.76. The standard InChI is InChI=1S/C18H22N4O8S/c1-8(23)21-18-22(16-13(31-18)5-19-7-20-16)17-15(29-11(4)26)14(28-10(3)25)12(30-17)6-27-9(2)24/h5,7,12,14-15,17-18H,6H2,1-4H3,(H,21,23)/t12-,14-,15-,17?,18?/m1/s1/i2D,3D,4D. The number of hydrogen-bond acceptors (Lipinski definition) is 12. The van der Waals surface area contributed by atoms with Gasteiger partial charge in [-0.2, -0.15) is 0 Å². The fraction of sp³-hybridized carbons (Fsp3) is 0.556. The van der Waals surface area contributed by atoms with Gasteiger partial charge < -0.3 is 24.3 Å². The molecule has 0 radical (unpaired) electrons. The average Bonchev–Trinajstić information content (AvgIpc) is 3.33. The number of hydrogen-bond donors (Lipinski definition) is 1. The number of carbonyl (C=O) groups excluding carboxylic acids is 4. The van der Waals surface area contributed by atoms with E-state index in [9.17, 15) is 19.2 Å². The summed E-state index contributed by atoms with van der Waals surface area (Å²) >= 11 is 1.19. The quantitative estimate of drug-likeness (QED) is 0.451. The van der Waals surface area contributed by atoms with Crippen LogP contribution in [0, 0.1) is 0 Å². The van der Waals surface area contributed by atoms with Gasteiger partial charge in [-0.25, -0.2) is 9.97 Å². The van der Waals surface area contributed by atoms with Gasteiger partial charge in [0.25, 0.3) is 0 Å². The number of esters is 3. The number of anilines is 1. The molecule has 168 valence electrons. The summed E-state index contributed by atoms with van der Waals surface area (Å²) in [6, 6.07) is 0. The second-order valence-corrected chi connectivity index (χ2v) is 7.57. The average molecular weight is 457 g/mol. The van der Waals surface area contributed by atoms with Crippen molar-refractivity contribution >= 4 is 41.4 Å². The molecule has 1 amide bonds. The van der Waals surface area contributed by atoms with Crippen molar-refractivity contribution < 1.29 is 42.2 Å². The highest BCUT2D eigenvalue weighted by molar-refractivity contribution is 8.00. The molecule has 0 aliphatic carbocycles. The molecule has 0 saturated carbocycles. The Kier molecular flexibility index (Phi) is 5.75. The van der Waals surface area contributed by atoms with Crippen molar-refractivity contribution in [3.05, 3.63) is 12.5 Å². The number of ether oxygens (including phenoxy) is 4. The van der Waals surface area contributed by atoms with E-state index in [0.717, 1.165) is 0 Å². The SMILES string of the molecule is [2H]CC(=O)OC[C@H]1OC(N2c3ncncc3SC2NC(C)=O)[C@H](OC(=O)C[2H])[C@@H]1OC(=O)C[2H]. The maximum atomic E-state index is 12.1. The van der Waals surface area contributed by atoms with Gasteiger partial charge in [-0.1, -0.05) is 11.8 Å². The summed E-state index contributed by atoms with van der Waals surface area (Å²) in [5, 5.41) is 2.72. The van der Waals surface area contributed by atoms with Gasteiger partial charge in [-0.05, 0) is 0 Å². The van der Waals surface area contributed by atoms with Crippen molar-refractivity contribution in [2.24, 2.45) is 0 Å². The summed E-state index contributed by atoms with van der Waals surface area (Å²) in [6.07, 6.45) is -2.19. The molecule has 2 aliphatic heterocycles. The van der Waals surface area contributed by atoms with Gasteiger partial charge in [0.1, 0.15) is 24.9 Å². The number of rotatable bonds is 6. The molecule has 3 heterocycles. The summed E-state index contributed by atoms with van der Waals surface area (Å²) < 4.78 is 43.4. The van der Waals surface area contributed by atoms with Gasteiger partial charge in [0, 0.05) is 37.9 Å². The number of nitrogens with zero attached hydrogens (tertiary/aromatic N) is 3. The lowest BCUT2D eigenvalue weighted by molar-refractivity contribution is -0.165. The van der Waals surface area contributed by atoms with Crippen molar-refractivity contribution in [2.45, 2.75) is 62.6 Å². The van der Waals surface area contributed by atoms with E-state index in [2.05, 4.69) is 15.3 Å². The van der Waals surface area contributed by atoms with Gasteiger partial charge in [0.05, 0.1) is 4.90 Å². The Labute approximate surface area is 186 Å². The number of amides is 1. The maximum absolute atomic E-state index is 12.1. The Morgan fingerprint density at radius 1 is 1.19 bits per heavy atom. The van der Waals surface area contributed by atoms with Crippen LogP contribution in [0.3, 0.4) is 0 Å². The molecule has 0 aromatic carbocycles. The molecule has 3 rings (SSSR count). The van der Waals surface area contributed by atoms with E-state index in [1.165, 1.54) is 36.1 Å². The Balaban J connectivity index is 2.00. The monoisotopic (exact) mass is 457 g/mol. The minimum absolute atomic E-state index is 0.338. The van der Waals surface area contributed by atoms with Crippen molar-refractivity contribution in [3.8, 4) is 0 Å². The first-order valence-electron chi connectivity index (χ1n) is 11.0. The largest absolute Gasteiger partial charge is 0.463 e. The van der Waals surface area contributed by atoms with Crippen molar-refractivity contribution in [1.82, 2.24) is 15.3 Å². The zero-order valence-corrected chi connectivity index (χ0v) is 17.2. The fourth-order valence-electron chi connectivity index (χ4n) is 3.22. The third kappa shape index (κ3) is 5.22. The predicted molar refractivity (Wildman–Crippen MR) is 104 cm³/mol. The smallest absolute Gasteiger partial charge is 0.303 e. The van der Waals surface area contributed by atoms with E-state index in [1.54, 1.807) is 0 Å². The van der Waals surface area contributed by atoms with Crippen molar-refractivity contribution in [1.29, 1.82) is 0 Å². The molecule has 5 atom stereocenters. The van der Waals surface area contributed by atoms with E-state index < -0.39 is 75.3 Å². The van der Waals surface area contributed by atoms with E-state index in [1.807, 2.05) is 0 Å².